The van der Waals surface area contributed by atoms with Gasteiger partial charge in [0.15, 0.2) is 0 Å². The van der Waals surface area contributed by atoms with E-state index in [2.05, 4.69) is 0 Å². The lowest BCUT2D eigenvalue weighted by atomic mass is 9.78. The van der Waals surface area contributed by atoms with Crippen molar-refractivity contribution in [2.45, 2.75) is 57.7 Å². The molecule has 224 valence electrons. The van der Waals surface area contributed by atoms with E-state index in [9.17, 15) is 41.0 Å². The largest absolute Gasteiger partial charge is 0.416 e. The van der Waals surface area contributed by atoms with Crippen LogP contribution in [-0.2, 0) is 17.1 Å². The van der Waals surface area contributed by atoms with Gasteiger partial charge in [-0.2, -0.15) is 26.3 Å². The summed E-state index contributed by atoms with van der Waals surface area (Å²) in [7, 11) is 1.36. The molecule has 0 unspecified atom stereocenters. The van der Waals surface area contributed by atoms with Crippen LogP contribution in [0.1, 0.15) is 60.2 Å². The number of piperidine rings is 1. The number of benzene rings is 2. The zero-order valence-electron chi connectivity index (χ0n) is 23.1. The standard InChI is InChI=1S/C29H33F6N3O3/c1-16-7-5-6-8-23(16)25-24-15-37(26(40)18(3)39)14-19(24)9-10-38(25)27(41)36(4)17(2)20-11-21(28(30,31)32)13-22(12-20)29(33,34)35/h5-8,11-13,17-19,24-25,39H,9-10,14-15H2,1-4H3/t17-,18+,19-,24-,25+/m1/s1. The van der Waals surface area contributed by atoms with Gasteiger partial charge in [0.05, 0.1) is 23.2 Å². The van der Waals surface area contributed by atoms with E-state index < -0.39 is 53.6 Å². The minimum atomic E-state index is -5.01. The number of aliphatic hydroxyl groups is 1. The molecule has 2 aromatic carbocycles. The molecule has 2 heterocycles. The number of carbonyl (C=O) groups excluding carboxylic acids is 2. The summed E-state index contributed by atoms with van der Waals surface area (Å²) in [6.07, 6.45) is -10.6. The lowest BCUT2D eigenvalue weighted by molar-refractivity contribution is -0.143. The van der Waals surface area contributed by atoms with Gasteiger partial charge in [-0.15, -0.1) is 0 Å². The number of amides is 3. The number of hydrogen-bond acceptors (Lipinski definition) is 3. The Morgan fingerprint density at radius 2 is 1.56 bits per heavy atom. The number of fused-ring (bicyclic) bond motifs is 1. The highest BCUT2D eigenvalue weighted by atomic mass is 19.4. The third-order valence-electron chi connectivity index (χ3n) is 8.37. The van der Waals surface area contributed by atoms with Gasteiger partial charge in [0.1, 0.15) is 6.10 Å². The van der Waals surface area contributed by atoms with E-state index in [0.29, 0.717) is 31.6 Å². The molecule has 0 radical (unpaired) electrons. The molecular weight excluding hydrogens is 552 g/mol. The number of aliphatic hydroxyl groups excluding tert-OH is 1. The van der Waals surface area contributed by atoms with Crippen LogP contribution in [-0.4, -0.2) is 64.5 Å². The summed E-state index contributed by atoms with van der Waals surface area (Å²) >= 11 is 0. The molecule has 0 saturated carbocycles. The van der Waals surface area contributed by atoms with Gasteiger partial charge in [-0.05, 0) is 68.0 Å². The van der Waals surface area contributed by atoms with Gasteiger partial charge in [-0.3, -0.25) is 4.79 Å². The number of urea groups is 1. The second-order valence-corrected chi connectivity index (χ2v) is 11.0. The molecule has 1 N–H and O–H groups in total. The van der Waals surface area contributed by atoms with Crippen LogP contribution in [0, 0.1) is 18.8 Å². The third kappa shape index (κ3) is 6.17. The fourth-order valence-corrected chi connectivity index (χ4v) is 6.02. The van der Waals surface area contributed by atoms with Crippen molar-refractivity contribution in [2.24, 2.45) is 11.8 Å². The fourth-order valence-electron chi connectivity index (χ4n) is 6.02. The average molecular weight is 586 g/mol. The number of hydrogen-bond donors (Lipinski definition) is 1. The normalized spacial score (nSPS) is 22.8. The first-order valence-electron chi connectivity index (χ1n) is 13.4. The Balaban J connectivity index is 1.69. The molecule has 6 nitrogen and oxygen atoms in total. The zero-order chi connectivity index (χ0) is 30.4. The Bertz CT molecular complexity index is 1260. The van der Waals surface area contributed by atoms with E-state index >= 15 is 0 Å². The topological polar surface area (TPSA) is 64.1 Å². The molecular formula is C29H33F6N3O3. The fraction of sp³-hybridized carbons (Fsp3) is 0.517. The molecule has 2 aliphatic heterocycles. The first-order valence-corrected chi connectivity index (χ1v) is 13.4. The quantitative estimate of drug-likeness (QED) is 0.445. The van der Waals surface area contributed by atoms with Gasteiger partial charge >= 0.3 is 18.4 Å². The Morgan fingerprint density at radius 3 is 2.10 bits per heavy atom. The summed E-state index contributed by atoms with van der Waals surface area (Å²) in [6.45, 7) is 5.69. The highest BCUT2D eigenvalue weighted by Crippen LogP contribution is 2.46. The first-order chi connectivity index (χ1) is 19.0. The molecule has 2 aromatic rings. The summed E-state index contributed by atoms with van der Waals surface area (Å²) < 4.78 is 80.9. The van der Waals surface area contributed by atoms with Gasteiger partial charge in [-0.25, -0.2) is 4.79 Å². The minimum absolute atomic E-state index is 0.0481. The maximum absolute atomic E-state index is 14.0. The van der Waals surface area contributed by atoms with Crippen LogP contribution >= 0.6 is 0 Å². The molecule has 4 rings (SSSR count). The van der Waals surface area contributed by atoms with Gasteiger partial charge in [-0.1, -0.05) is 24.3 Å². The van der Waals surface area contributed by atoms with Gasteiger partial charge < -0.3 is 19.8 Å². The van der Waals surface area contributed by atoms with E-state index in [4.69, 9.17) is 0 Å². The van der Waals surface area contributed by atoms with Crippen LogP contribution in [0.4, 0.5) is 31.1 Å². The molecule has 41 heavy (non-hydrogen) atoms. The molecule has 5 atom stereocenters. The summed E-state index contributed by atoms with van der Waals surface area (Å²) in [6, 6.07) is 6.66. The van der Waals surface area contributed by atoms with Crippen LogP contribution in [0.5, 0.6) is 0 Å². The molecule has 12 heteroatoms. The number of likely N-dealkylation sites (tertiary alicyclic amines) is 2. The lowest BCUT2D eigenvalue weighted by Gasteiger charge is -2.45. The monoisotopic (exact) mass is 585 g/mol. The smallest absolute Gasteiger partial charge is 0.384 e. The SMILES string of the molecule is Cc1ccccc1[C@H]1[C@@H]2CN(C(=O)[C@H](C)O)C[C@H]2CCN1C(=O)N(C)[C@H](C)c1cc(C(F)(F)F)cc(C(F)(F)F)c1. The van der Waals surface area contributed by atoms with Gasteiger partial charge in [0.2, 0.25) is 0 Å². The third-order valence-corrected chi connectivity index (χ3v) is 8.37. The summed E-state index contributed by atoms with van der Waals surface area (Å²) in [4.78, 5) is 30.9. The predicted octanol–water partition coefficient (Wildman–Crippen LogP) is 6.05. The molecule has 2 fully saturated rings. The summed E-state index contributed by atoms with van der Waals surface area (Å²) in [5.74, 6) is -0.533. The van der Waals surface area contributed by atoms with E-state index in [1.165, 1.54) is 20.9 Å². The molecule has 0 bridgehead atoms. The Morgan fingerprint density at radius 1 is 0.976 bits per heavy atom. The Labute approximate surface area is 234 Å². The number of halogens is 6. The van der Waals surface area contributed by atoms with E-state index in [-0.39, 0.29) is 30.0 Å². The van der Waals surface area contributed by atoms with Crippen molar-refractivity contribution < 1.29 is 41.0 Å². The van der Waals surface area contributed by atoms with Crippen LogP contribution in [0.25, 0.3) is 0 Å². The molecule has 0 aromatic heterocycles. The Kier molecular flexibility index (Phi) is 8.37. The second kappa shape index (κ2) is 11.2. The van der Waals surface area contributed by atoms with Crippen molar-refractivity contribution in [2.75, 3.05) is 26.7 Å². The van der Waals surface area contributed by atoms with Gasteiger partial charge in [0, 0.05) is 32.6 Å². The summed E-state index contributed by atoms with van der Waals surface area (Å²) in [5.41, 5.74) is -1.43. The van der Waals surface area contributed by atoms with Crippen LogP contribution in [0.15, 0.2) is 42.5 Å². The number of alkyl halides is 6. The molecule has 3 amide bonds. The summed E-state index contributed by atoms with van der Waals surface area (Å²) in [5, 5.41) is 9.86. The van der Waals surface area contributed by atoms with Gasteiger partial charge in [0.25, 0.3) is 5.91 Å². The maximum atomic E-state index is 14.0. The highest BCUT2D eigenvalue weighted by molar-refractivity contribution is 5.80. The molecule has 2 aliphatic rings. The maximum Gasteiger partial charge on any atom is 0.416 e. The van der Waals surface area contributed by atoms with E-state index in [1.54, 1.807) is 9.80 Å². The van der Waals surface area contributed by atoms with Crippen molar-refractivity contribution in [1.82, 2.24) is 14.7 Å². The second-order valence-electron chi connectivity index (χ2n) is 11.0. The number of carbonyl (C=O) groups is 2. The minimum Gasteiger partial charge on any atom is -0.384 e. The first kappa shape index (κ1) is 30.7. The van der Waals surface area contributed by atoms with Crippen molar-refractivity contribution in [3.8, 4) is 0 Å². The number of rotatable bonds is 4. The molecule has 2 saturated heterocycles. The highest BCUT2D eigenvalue weighted by Gasteiger charge is 2.48. The number of nitrogens with zero attached hydrogens (tertiary/aromatic N) is 3. The van der Waals surface area contributed by atoms with Crippen LogP contribution < -0.4 is 0 Å². The average Bonchev–Trinajstić information content (AvgIpc) is 3.34. The molecule has 0 aliphatic carbocycles. The van der Waals surface area contributed by atoms with Crippen molar-refractivity contribution >= 4 is 11.9 Å². The lowest BCUT2D eigenvalue weighted by Crippen LogP contribution is -2.51. The molecule has 0 spiro atoms. The van der Waals surface area contributed by atoms with E-state index in [1.807, 2.05) is 31.2 Å². The van der Waals surface area contributed by atoms with Crippen molar-refractivity contribution in [3.05, 3.63) is 70.3 Å². The van der Waals surface area contributed by atoms with E-state index in [0.717, 1.165) is 16.0 Å². The van der Waals surface area contributed by atoms with Crippen LogP contribution in [0.3, 0.4) is 0 Å². The number of aryl methyl sites for hydroxylation is 1. The van der Waals surface area contributed by atoms with Crippen molar-refractivity contribution in [1.29, 1.82) is 0 Å². The van der Waals surface area contributed by atoms with Crippen molar-refractivity contribution in [3.63, 3.8) is 0 Å². The predicted molar refractivity (Wildman–Crippen MR) is 139 cm³/mol. The van der Waals surface area contributed by atoms with Crippen LogP contribution in [0.2, 0.25) is 0 Å². The zero-order valence-corrected chi connectivity index (χ0v) is 23.1. The Hall–Kier alpha value is -3.28.